The number of hydrogen-bond acceptors (Lipinski definition) is 3. The number of benzene rings is 1. The van der Waals surface area contributed by atoms with Crippen LogP contribution in [0.2, 0.25) is 5.02 Å². The summed E-state index contributed by atoms with van der Waals surface area (Å²) < 4.78 is 0. The van der Waals surface area contributed by atoms with E-state index in [1.54, 1.807) is 17.4 Å². The van der Waals surface area contributed by atoms with Crippen molar-refractivity contribution in [3.05, 3.63) is 34.9 Å². The molecule has 0 spiro atoms. The highest BCUT2D eigenvalue weighted by Gasteiger charge is 2.31. The topological polar surface area (TPSA) is 77.3 Å². The molecule has 1 aromatic carbocycles. The molecule has 0 aromatic heterocycles. The summed E-state index contributed by atoms with van der Waals surface area (Å²) in [4.78, 5) is 0. The largest absolute Gasteiger partial charge is 0.390 e. The van der Waals surface area contributed by atoms with Crippen molar-refractivity contribution in [3.8, 4) is 0 Å². The maximum absolute atomic E-state index is 9.13. The summed E-state index contributed by atoms with van der Waals surface area (Å²) in [7, 11) is 0. The average Bonchev–Trinajstić information content (AvgIpc) is 2.34. The molecule has 1 aromatic rings. The number of halogens is 1. The lowest BCUT2D eigenvalue weighted by Gasteiger charge is -2.25. The monoisotopic (exact) mass is 246 g/mol. The van der Waals surface area contributed by atoms with Gasteiger partial charge in [-0.3, -0.25) is 0 Å². The van der Waals surface area contributed by atoms with Gasteiger partial charge in [0.15, 0.2) is 5.54 Å². The van der Waals surface area contributed by atoms with Crippen molar-refractivity contribution in [2.24, 2.45) is 0 Å². The van der Waals surface area contributed by atoms with E-state index in [2.05, 4.69) is 0 Å². The second-order valence-corrected chi connectivity index (χ2v) is 4.31. The molecule has 0 aliphatic carbocycles. The number of aliphatic hydroxyl groups excluding tert-OH is 3. The van der Waals surface area contributed by atoms with Gasteiger partial charge in [0.1, 0.15) is 26.4 Å². The van der Waals surface area contributed by atoms with Crippen LogP contribution >= 0.6 is 11.6 Å². The summed E-state index contributed by atoms with van der Waals surface area (Å²) in [5.74, 6) is 0. The molecule has 0 fully saturated rings. The van der Waals surface area contributed by atoms with E-state index in [0.717, 1.165) is 5.56 Å². The molecule has 5 heteroatoms. The smallest absolute Gasteiger partial charge is 0.166 e. The van der Waals surface area contributed by atoms with E-state index in [9.17, 15) is 0 Å². The van der Waals surface area contributed by atoms with Gasteiger partial charge in [0.2, 0.25) is 0 Å². The van der Waals surface area contributed by atoms with Crippen molar-refractivity contribution in [2.75, 3.05) is 19.8 Å². The van der Waals surface area contributed by atoms with Crippen molar-refractivity contribution in [1.29, 1.82) is 0 Å². The molecule has 0 unspecified atom stereocenters. The highest BCUT2D eigenvalue weighted by molar-refractivity contribution is 6.30. The van der Waals surface area contributed by atoms with Crippen LogP contribution in [0.25, 0.3) is 0 Å². The maximum Gasteiger partial charge on any atom is 0.166 e. The van der Waals surface area contributed by atoms with Gasteiger partial charge in [-0.2, -0.15) is 0 Å². The first-order chi connectivity index (χ1) is 7.65. The summed E-state index contributed by atoms with van der Waals surface area (Å²) in [5, 5.41) is 29.8. The summed E-state index contributed by atoms with van der Waals surface area (Å²) in [6.07, 6.45) is 0. The first-order valence-corrected chi connectivity index (χ1v) is 5.45. The molecule has 16 heavy (non-hydrogen) atoms. The van der Waals surface area contributed by atoms with Crippen LogP contribution in [0.1, 0.15) is 5.56 Å². The van der Waals surface area contributed by atoms with Crippen LogP contribution < -0.4 is 5.32 Å². The van der Waals surface area contributed by atoms with Gasteiger partial charge in [-0.05, 0) is 12.1 Å². The minimum Gasteiger partial charge on any atom is -0.390 e. The normalized spacial score (nSPS) is 11.8. The number of quaternary nitrogens is 1. The molecule has 0 saturated carbocycles. The van der Waals surface area contributed by atoms with E-state index in [1.807, 2.05) is 12.1 Å². The lowest BCUT2D eigenvalue weighted by molar-refractivity contribution is -0.746. The SMILES string of the molecule is OCC(CO)(CO)[NH2+]Cc1ccc(Cl)cc1. The van der Waals surface area contributed by atoms with Gasteiger partial charge in [-0.15, -0.1) is 0 Å². The van der Waals surface area contributed by atoms with Crippen LogP contribution in [0, 0.1) is 0 Å². The molecule has 0 aliphatic heterocycles. The Bertz CT molecular complexity index is 303. The van der Waals surface area contributed by atoms with Crippen molar-refractivity contribution < 1.29 is 20.6 Å². The van der Waals surface area contributed by atoms with Gasteiger partial charge in [-0.25, -0.2) is 0 Å². The van der Waals surface area contributed by atoms with E-state index in [1.165, 1.54) is 0 Å². The Morgan fingerprint density at radius 1 is 1.00 bits per heavy atom. The molecule has 0 amide bonds. The van der Waals surface area contributed by atoms with Crippen molar-refractivity contribution >= 4 is 11.6 Å². The Morgan fingerprint density at radius 2 is 1.50 bits per heavy atom. The predicted octanol–water partition coefficient (Wildman–Crippen LogP) is -0.881. The first-order valence-electron chi connectivity index (χ1n) is 5.07. The van der Waals surface area contributed by atoms with Crippen LogP contribution in [0.3, 0.4) is 0 Å². The van der Waals surface area contributed by atoms with E-state index in [4.69, 9.17) is 26.9 Å². The van der Waals surface area contributed by atoms with E-state index in [0.29, 0.717) is 11.6 Å². The summed E-state index contributed by atoms with van der Waals surface area (Å²) in [6, 6.07) is 7.30. The number of aliphatic hydroxyl groups is 3. The second-order valence-electron chi connectivity index (χ2n) is 3.87. The molecule has 0 atom stereocenters. The fourth-order valence-corrected chi connectivity index (χ4v) is 1.42. The third-order valence-electron chi connectivity index (χ3n) is 2.63. The zero-order valence-corrected chi connectivity index (χ0v) is 9.69. The fourth-order valence-electron chi connectivity index (χ4n) is 1.30. The Kier molecular flexibility index (Phi) is 5.18. The molecule has 5 N–H and O–H groups in total. The third kappa shape index (κ3) is 3.43. The molecular formula is C11H17ClNO3+. The Morgan fingerprint density at radius 3 is 1.94 bits per heavy atom. The maximum atomic E-state index is 9.13. The highest BCUT2D eigenvalue weighted by atomic mass is 35.5. The van der Waals surface area contributed by atoms with E-state index in [-0.39, 0.29) is 19.8 Å². The zero-order valence-electron chi connectivity index (χ0n) is 8.93. The second kappa shape index (κ2) is 6.18. The van der Waals surface area contributed by atoms with E-state index < -0.39 is 5.54 Å². The summed E-state index contributed by atoms with van der Waals surface area (Å²) in [5.41, 5.74) is 0.101. The first kappa shape index (κ1) is 13.4. The molecule has 0 radical (unpaired) electrons. The molecular weight excluding hydrogens is 230 g/mol. The van der Waals surface area contributed by atoms with Crippen LogP contribution in [0.15, 0.2) is 24.3 Å². The van der Waals surface area contributed by atoms with Crippen molar-refractivity contribution in [2.45, 2.75) is 12.1 Å². The predicted molar refractivity (Wildman–Crippen MR) is 61.1 cm³/mol. The Labute approximate surface area is 99.5 Å². The molecule has 0 heterocycles. The number of hydrogen-bond donors (Lipinski definition) is 4. The molecule has 90 valence electrons. The van der Waals surface area contributed by atoms with Gasteiger partial charge in [0.25, 0.3) is 0 Å². The fraction of sp³-hybridized carbons (Fsp3) is 0.455. The van der Waals surface area contributed by atoms with Crippen molar-refractivity contribution in [1.82, 2.24) is 0 Å². The van der Waals surface area contributed by atoms with E-state index >= 15 is 0 Å². The number of rotatable bonds is 6. The van der Waals surface area contributed by atoms with Gasteiger partial charge in [-0.1, -0.05) is 23.7 Å². The zero-order chi connectivity index (χ0) is 12.0. The minimum atomic E-state index is -0.917. The van der Waals surface area contributed by atoms with Crippen LogP contribution in [-0.4, -0.2) is 40.7 Å². The summed E-state index contributed by atoms with van der Waals surface area (Å²) in [6.45, 7) is -0.242. The average molecular weight is 247 g/mol. The summed E-state index contributed by atoms with van der Waals surface area (Å²) >= 11 is 5.75. The lowest BCUT2D eigenvalue weighted by Crippen LogP contribution is -2.99. The van der Waals surface area contributed by atoms with Crippen molar-refractivity contribution in [3.63, 3.8) is 0 Å². The molecule has 4 nitrogen and oxygen atoms in total. The van der Waals surface area contributed by atoms with Crippen LogP contribution in [-0.2, 0) is 6.54 Å². The van der Waals surface area contributed by atoms with Gasteiger partial charge in [0.05, 0.1) is 0 Å². The third-order valence-corrected chi connectivity index (χ3v) is 2.88. The highest BCUT2D eigenvalue weighted by Crippen LogP contribution is 2.08. The molecule has 0 saturated heterocycles. The molecule has 1 rings (SSSR count). The molecule has 0 bridgehead atoms. The van der Waals surface area contributed by atoms with Gasteiger partial charge < -0.3 is 20.6 Å². The quantitative estimate of drug-likeness (QED) is 0.527. The van der Waals surface area contributed by atoms with Gasteiger partial charge in [0, 0.05) is 10.6 Å². The van der Waals surface area contributed by atoms with Gasteiger partial charge >= 0.3 is 0 Å². The minimum absolute atomic E-state index is 0.270. The van der Waals surface area contributed by atoms with Crippen LogP contribution in [0.4, 0.5) is 0 Å². The number of nitrogens with two attached hydrogens (primary N) is 1. The standard InChI is InChI=1S/C11H16ClNO3/c12-10-3-1-9(2-4-10)5-13-11(6-14,7-15)8-16/h1-4,13-16H,5-8H2/p+1. The molecule has 0 aliphatic rings. The Hall–Kier alpha value is -0.650. The lowest BCUT2D eigenvalue weighted by atomic mass is 10.0. The Balaban J connectivity index is 2.58. The van der Waals surface area contributed by atoms with Crippen LogP contribution in [0.5, 0.6) is 0 Å².